The van der Waals surface area contributed by atoms with Crippen molar-refractivity contribution in [3.05, 3.63) is 36.2 Å². The van der Waals surface area contributed by atoms with E-state index in [0.717, 1.165) is 23.5 Å². The quantitative estimate of drug-likeness (QED) is 0.895. The van der Waals surface area contributed by atoms with E-state index in [1.165, 1.54) is 37.7 Å². The van der Waals surface area contributed by atoms with E-state index >= 15 is 0 Å². The zero-order chi connectivity index (χ0) is 13.8. The zero-order valence-electron chi connectivity index (χ0n) is 12.2. The van der Waals surface area contributed by atoms with E-state index in [0.29, 0.717) is 6.04 Å². The van der Waals surface area contributed by atoms with Gasteiger partial charge in [-0.2, -0.15) is 0 Å². The molecule has 0 radical (unpaired) electrons. The first kappa shape index (κ1) is 13.5. The molecule has 1 N–H and O–H groups in total. The van der Waals surface area contributed by atoms with Crippen LogP contribution < -0.4 is 5.32 Å². The van der Waals surface area contributed by atoms with Crippen molar-refractivity contribution in [1.82, 2.24) is 15.3 Å². The highest BCUT2D eigenvalue weighted by Gasteiger charge is 2.27. The molecule has 0 spiro atoms. The van der Waals surface area contributed by atoms with Gasteiger partial charge in [0.25, 0.3) is 0 Å². The number of fused-ring (bicyclic) bond motifs is 1. The minimum absolute atomic E-state index is 0.429. The molecule has 3 heteroatoms. The van der Waals surface area contributed by atoms with Crippen LogP contribution in [0.15, 0.2) is 30.6 Å². The fourth-order valence-corrected chi connectivity index (χ4v) is 3.39. The second kappa shape index (κ2) is 6.31. The standard InChI is InChI=1S/C17H23N3/c1-2-10-19-16(13-6-3-4-7-13)14-8-5-9-15-17(14)20-12-11-18-15/h5,8-9,11-13,16,19H,2-4,6-7,10H2,1H3. The van der Waals surface area contributed by atoms with Crippen LogP contribution in [0, 0.1) is 5.92 Å². The zero-order valence-corrected chi connectivity index (χ0v) is 12.2. The Bertz CT molecular complexity index is 556. The Morgan fingerprint density at radius 1 is 1.20 bits per heavy atom. The number of nitrogens with zero attached hydrogens (tertiary/aromatic N) is 2. The van der Waals surface area contributed by atoms with Gasteiger partial charge in [-0.25, -0.2) is 0 Å². The van der Waals surface area contributed by atoms with Crippen LogP contribution in [0.4, 0.5) is 0 Å². The molecule has 1 atom stereocenters. The molecule has 0 aliphatic heterocycles. The van der Waals surface area contributed by atoms with Gasteiger partial charge < -0.3 is 5.32 Å². The summed E-state index contributed by atoms with van der Waals surface area (Å²) in [5.41, 5.74) is 3.40. The monoisotopic (exact) mass is 269 g/mol. The normalized spacial score (nSPS) is 17.6. The smallest absolute Gasteiger partial charge is 0.0934 e. The van der Waals surface area contributed by atoms with Gasteiger partial charge in [0.15, 0.2) is 0 Å². The topological polar surface area (TPSA) is 37.8 Å². The van der Waals surface area contributed by atoms with Crippen molar-refractivity contribution in [2.75, 3.05) is 6.54 Å². The Kier molecular flexibility index (Phi) is 4.26. The van der Waals surface area contributed by atoms with E-state index in [-0.39, 0.29) is 0 Å². The number of hydrogen-bond donors (Lipinski definition) is 1. The minimum Gasteiger partial charge on any atom is -0.310 e. The van der Waals surface area contributed by atoms with E-state index in [1.54, 1.807) is 12.4 Å². The van der Waals surface area contributed by atoms with Crippen molar-refractivity contribution >= 4 is 11.0 Å². The minimum atomic E-state index is 0.429. The molecule has 3 nitrogen and oxygen atoms in total. The molecule has 1 aliphatic rings. The number of benzene rings is 1. The van der Waals surface area contributed by atoms with Crippen LogP contribution in [-0.2, 0) is 0 Å². The van der Waals surface area contributed by atoms with Crippen LogP contribution in [-0.4, -0.2) is 16.5 Å². The average molecular weight is 269 g/mol. The predicted molar refractivity (Wildman–Crippen MR) is 82.5 cm³/mol. The number of aromatic nitrogens is 2. The Morgan fingerprint density at radius 3 is 2.80 bits per heavy atom. The van der Waals surface area contributed by atoms with Crippen LogP contribution in [0.1, 0.15) is 50.6 Å². The predicted octanol–water partition coefficient (Wildman–Crippen LogP) is 3.86. The van der Waals surface area contributed by atoms with Crippen molar-refractivity contribution in [2.45, 2.75) is 45.1 Å². The molecule has 0 bridgehead atoms. The first-order chi connectivity index (χ1) is 9.90. The lowest BCUT2D eigenvalue weighted by atomic mass is 9.90. The summed E-state index contributed by atoms with van der Waals surface area (Å²) >= 11 is 0. The van der Waals surface area contributed by atoms with Crippen LogP contribution >= 0.6 is 0 Å². The Morgan fingerprint density at radius 2 is 2.00 bits per heavy atom. The maximum Gasteiger partial charge on any atom is 0.0934 e. The van der Waals surface area contributed by atoms with Gasteiger partial charge in [0.1, 0.15) is 0 Å². The van der Waals surface area contributed by atoms with E-state index in [9.17, 15) is 0 Å². The van der Waals surface area contributed by atoms with E-state index in [1.807, 2.05) is 0 Å². The van der Waals surface area contributed by atoms with E-state index < -0.39 is 0 Å². The highest BCUT2D eigenvalue weighted by Crippen LogP contribution is 2.37. The molecule has 0 amide bonds. The molecule has 1 saturated carbocycles. The molecule has 1 heterocycles. The fourth-order valence-electron chi connectivity index (χ4n) is 3.39. The van der Waals surface area contributed by atoms with E-state index in [2.05, 4.69) is 40.4 Å². The third-order valence-corrected chi connectivity index (χ3v) is 4.35. The van der Waals surface area contributed by atoms with Crippen molar-refractivity contribution in [1.29, 1.82) is 0 Å². The summed E-state index contributed by atoms with van der Waals surface area (Å²) in [6, 6.07) is 6.82. The average Bonchev–Trinajstić information content (AvgIpc) is 3.02. The van der Waals surface area contributed by atoms with Gasteiger partial charge in [-0.15, -0.1) is 0 Å². The molecule has 1 fully saturated rings. The Hall–Kier alpha value is -1.48. The molecule has 0 saturated heterocycles. The summed E-state index contributed by atoms with van der Waals surface area (Å²) in [6.45, 7) is 3.29. The molecule has 1 unspecified atom stereocenters. The number of nitrogens with one attached hydrogen (secondary N) is 1. The lowest BCUT2D eigenvalue weighted by Crippen LogP contribution is -2.28. The third kappa shape index (κ3) is 2.68. The third-order valence-electron chi connectivity index (χ3n) is 4.35. The molecule has 2 aromatic rings. The fraction of sp³-hybridized carbons (Fsp3) is 0.529. The maximum atomic E-state index is 4.58. The van der Waals surface area contributed by atoms with Gasteiger partial charge in [0.05, 0.1) is 11.0 Å². The van der Waals surface area contributed by atoms with Crippen molar-refractivity contribution in [3.8, 4) is 0 Å². The first-order valence-corrected chi connectivity index (χ1v) is 7.83. The van der Waals surface area contributed by atoms with Gasteiger partial charge in [-0.3, -0.25) is 9.97 Å². The van der Waals surface area contributed by atoms with Crippen LogP contribution in [0.3, 0.4) is 0 Å². The summed E-state index contributed by atoms with van der Waals surface area (Å²) in [5, 5.41) is 3.75. The second-order valence-electron chi connectivity index (χ2n) is 5.75. The highest BCUT2D eigenvalue weighted by molar-refractivity contribution is 5.78. The van der Waals surface area contributed by atoms with Crippen molar-refractivity contribution in [2.24, 2.45) is 5.92 Å². The maximum absolute atomic E-state index is 4.58. The molecule has 1 aromatic heterocycles. The van der Waals surface area contributed by atoms with Crippen LogP contribution in [0.5, 0.6) is 0 Å². The van der Waals surface area contributed by atoms with Crippen molar-refractivity contribution < 1.29 is 0 Å². The summed E-state index contributed by atoms with van der Waals surface area (Å²) in [6.07, 6.45) is 10.1. The summed E-state index contributed by atoms with van der Waals surface area (Å²) in [5.74, 6) is 0.745. The number of rotatable bonds is 5. The van der Waals surface area contributed by atoms with Gasteiger partial charge in [0.2, 0.25) is 0 Å². The van der Waals surface area contributed by atoms with Gasteiger partial charge in [0, 0.05) is 18.4 Å². The largest absolute Gasteiger partial charge is 0.310 e. The number of para-hydroxylation sites is 1. The molecule has 20 heavy (non-hydrogen) atoms. The van der Waals surface area contributed by atoms with Crippen LogP contribution in [0.25, 0.3) is 11.0 Å². The van der Waals surface area contributed by atoms with Gasteiger partial charge in [-0.1, -0.05) is 31.9 Å². The van der Waals surface area contributed by atoms with Gasteiger partial charge in [-0.05, 0) is 43.4 Å². The lowest BCUT2D eigenvalue weighted by molar-refractivity contribution is 0.370. The lowest BCUT2D eigenvalue weighted by Gasteiger charge is -2.26. The summed E-state index contributed by atoms with van der Waals surface area (Å²) in [7, 11) is 0. The summed E-state index contributed by atoms with van der Waals surface area (Å²) < 4.78 is 0. The Labute approximate surface area is 120 Å². The SMILES string of the molecule is CCCNC(c1cccc2nccnc12)C1CCCC1. The first-order valence-electron chi connectivity index (χ1n) is 7.83. The number of hydrogen-bond acceptors (Lipinski definition) is 3. The second-order valence-corrected chi connectivity index (χ2v) is 5.75. The Balaban J connectivity index is 1.99. The molecule has 106 valence electrons. The van der Waals surface area contributed by atoms with Gasteiger partial charge >= 0.3 is 0 Å². The molecule has 3 rings (SSSR count). The molecular weight excluding hydrogens is 246 g/mol. The summed E-state index contributed by atoms with van der Waals surface area (Å²) in [4.78, 5) is 9.02. The van der Waals surface area contributed by atoms with E-state index in [4.69, 9.17) is 0 Å². The molecule has 1 aliphatic carbocycles. The van der Waals surface area contributed by atoms with Crippen molar-refractivity contribution in [3.63, 3.8) is 0 Å². The molecule has 1 aromatic carbocycles. The van der Waals surface area contributed by atoms with Crippen LogP contribution in [0.2, 0.25) is 0 Å². The molecular formula is C17H23N3. The highest BCUT2D eigenvalue weighted by atomic mass is 14.9.